The van der Waals surface area contributed by atoms with Gasteiger partial charge in [-0.3, -0.25) is 0 Å². The van der Waals surface area contributed by atoms with Gasteiger partial charge in [0.25, 0.3) is 0 Å². The number of ether oxygens (including phenoxy) is 1. The number of nitrogens with zero attached hydrogens (tertiary/aromatic N) is 3. The number of nitrogens with one attached hydrogen (secondary N) is 1. The highest BCUT2D eigenvalue weighted by Gasteiger charge is 2.30. The third kappa shape index (κ3) is 5.66. The number of morpholine rings is 1. The maximum Gasteiger partial charge on any atom is 0.215 e. The Bertz CT molecular complexity index is 886. The van der Waals surface area contributed by atoms with E-state index in [1.807, 2.05) is 55.1 Å². The van der Waals surface area contributed by atoms with Gasteiger partial charge in [0.1, 0.15) is 0 Å². The Morgan fingerprint density at radius 1 is 1.17 bits per heavy atom. The highest BCUT2D eigenvalue weighted by atomic mass is 32.2. The third-order valence-corrected chi connectivity index (χ3v) is 6.83. The molecule has 2 heterocycles. The number of aromatic nitrogens is 2. The molecule has 0 spiro atoms. The van der Waals surface area contributed by atoms with Crippen LogP contribution in [0.4, 0.5) is 0 Å². The fourth-order valence-electron chi connectivity index (χ4n) is 3.67. The first-order valence-corrected chi connectivity index (χ1v) is 11.8. The van der Waals surface area contributed by atoms with E-state index in [0.717, 1.165) is 16.9 Å². The molecule has 1 aliphatic heterocycles. The highest BCUT2D eigenvalue weighted by Crippen LogP contribution is 2.20. The summed E-state index contributed by atoms with van der Waals surface area (Å²) < 4.78 is 34.4. The number of rotatable bonds is 8. The molecule has 1 aromatic carbocycles. The largest absolute Gasteiger partial charge is 0.373 e. The smallest absolute Gasteiger partial charge is 0.215 e. The fraction of sp³-hybridized carbons (Fsp3) is 0.571. The van der Waals surface area contributed by atoms with Crippen molar-refractivity contribution in [2.45, 2.75) is 52.4 Å². The molecular formula is C21H32N4O3S. The number of sulfonamides is 1. The van der Waals surface area contributed by atoms with Crippen LogP contribution in [0.1, 0.15) is 44.9 Å². The summed E-state index contributed by atoms with van der Waals surface area (Å²) in [5.74, 6) is 0.368. The first-order valence-electron chi connectivity index (χ1n) is 10.2. The summed E-state index contributed by atoms with van der Waals surface area (Å²) in [6.45, 7) is 9.89. The standard InChI is InChI=1S/C21H32N4O3S/c1-16(2)21-19(15-25(23-21)20-8-6-5-7-9-20)12-22-10-11-29(26,27)24-13-17(3)28-18(4)14-24/h5-9,15-18,22H,10-14H2,1-4H3. The molecule has 2 atom stereocenters. The van der Waals surface area contributed by atoms with Gasteiger partial charge >= 0.3 is 0 Å². The second kappa shape index (κ2) is 9.38. The first-order chi connectivity index (χ1) is 13.8. The van der Waals surface area contributed by atoms with E-state index in [0.29, 0.717) is 26.2 Å². The number of hydrogen-bond acceptors (Lipinski definition) is 5. The summed E-state index contributed by atoms with van der Waals surface area (Å²) in [6.07, 6.45) is 1.88. The van der Waals surface area contributed by atoms with E-state index < -0.39 is 10.0 Å². The normalized spacial score (nSPS) is 21.0. The molecule has 0 radical (unpaired) electrons. The van der Waals surface area contributed by atoms with E-state index in [4.69, 9.17) is 9.84 Å². The van der Waals surface area contributed by atoms with Gasteiger partial charge in [0, 0.05) is 37.9 Å². The maximum absolute atomic E-state index is 12.7. The van der Waals surface area contributed by atoms with Crippen LogP contribution in [0.5, 0.6) is 0 Å². The Balaban J connectivity index is 1.59. The zero-order valence-electron chi connectivity index (χ0n) is 17.7. The van der Waals surface area contributed by atoms with E-state index in [9.17, 15) is 8.42 Å². The van der Waals surface area contributed by atoms with Crippen molar-refractivity contribution in [2.24, 2.45) is 0 Å². The molecule has 160 valence electrons. The van der Waals surface area contributed by atoms with Crippen LogP contribution in [-0.4, -0.2) is 60.1 Å². The molecule has 1 aromatic heterocycles. The van der Waals surface area contributed by atoms with Crippen molar-refractivity contribution >= 4 is 10.0 Å². The van der Waals surface area contributed by atoms with E-state index in [2.05, 4.69) is 19.2 Å². The molecule has 0 aliphatic carbocycles. The Morgan fingerprint density at radius 3 is 2.45 bits per heavy atom. The molecule has 8 heteroatoms. The molecule has 1 fully saturated rings. The summed E-state index contributed by atoms with van der Waals surface area (Å²) in [5, 5.41) is 8.02. The Hall–Kier alpha value is -1.74. The van der Waals surface area contributed by atoms with E-state index >= 15 is 0 Å². The molecule has 1 aliphatic rings. The van der Waals surface area contributed by atoms with Crippen LogP contribution < -0.4 is 5.32 Å². The van der Waals surface area contributed by atoms with E-state index in [-0.39, 0.29) is 23.9 Å². The predicted molar refractivity (Wildman–Crippen MR) is 115 cm³/mol. The van der Waals surface area contributed by atoms with Gasteiger partial charge in [0.15, 0.2) is 0 Å². The predicted octanol–water partition coefficient (Wildman–Crippen LogP) is 2.52. The fourth-order valence-corrected chi connectivity index (χ4v) is 5.20. The lowest BCUT2D eigenvalue weighted by Gasteiger charge is -2.34. The number of benzene rings is 1. The molecule has 0 amide bonds. The minimum Gasteiger partial charge on any atom is -0.373 e. The first kappa shape index (κ1) is 22.0. The van der Waals surface area contributed by atoms with Crippen molar-refractivity contribution < 1.29 is 13.2 Å². The zero-order chi connectivity index (χ0) is 21.0. The monoisotopic (exact) mass is 420 g/mol. The summed E-state index contributed by atoms with van der Waals surface area (Å²) >= 11 is 0. The van der Waals surface area contributed by atoms with Crippen LogP contribution in [0.2, 0.25) is 0 Å². The van der Waals surface area contributed by atoms with Gasteiger partial charge < -0.3 is 10.1 Å². The Morgan fingerprint density at radius 2 is 1.83 bits per heavy atom. The SMILES string of the molecule is CC1CN(S(=O)(=O)CCNCc2cn(-c3ccccc3)nc2C(C)C)CC(C)O1. The van der Waals surface area contributed by atoms with Crippen LogP contribution in [0.15, 0.2) is 36.5 Å². The lowest BCUT2D eigenvalue weighted by molar-refractivity contribution is -0.0440. The summed E-state index contributed by atoms with van der Waals surface area (Å²) in [7, 11) is -3.30. The highest BCUT2D eigenvalue weighted by molar-refractivity contribution is 7.89. The van der Waals surface area contributed by atoms with Gasteiger partial charge in [-0.25, -0.2) is 13.1 Å². The molecule has 29 heavy (non-hydrogen) atoms. The Kier molecular flexibility index (Phi) is 7.10. The molecule has 1 N–H and O–H groups in total. The number of hydrogen-bond donors (Lipinski definition) is 1. The van der Waals surface area contributed by atoms with Gasteiger partial charge in [-0.15, -0.1) is 0 Å². The van der Waals surface area contributed by atoms with Crippen molar-refractivity contribution in [1.29, 1.82) is 0 Å². The summed E-state index contributed by atoms with van der Waals surface area (Å²) in [4.78, 5) is 0. The van der Waals surface area contributed by atoms with Gasteiger partial charge in [-0.1, -0.05) is 32.0 Å². The molecular weight excluding hydrogens is 388 g/mol. The van der Waals surface area contributed by atoms with Crippen molar-refractivity contribution in [3.8, 4) is 5.69 Å². The maximum atomic E-state index is 12.7. The third-order valence-electron chi connectivity index (χ3n) is 5.02. The van der Waals surface area contributed by atoms with Crippen molar-refractivity contribution in [2.75, 3.05) is 25.4 Å². The van der Waals surface area contributed by atoms with E-state index in [1.54, 1.807) is 4.31 Å². The van der Waals surface area contributed by atoms with Crippen molar-refractivity contribution in [3.63, 3.8) is 0 Å². The van der Waals surface area contributed by atoms with E-state index in [1.165, 1.54) is 0 Å². The lowest BCUT2D eigenvalue weighted by Crippen LogP contribution is -2.49. The van der Waals surface area contributed by atoms with Crippen LogP contribution in [0, 0.1) is 0 Å². The molecule has 3 rings (SSSR count). The zero-order valence-corrected chi connectivity index (χ0v) is 18.5. The lowest BCUT2D eigenvalue weighted by atomic mass is 10.1. The van der Waals surface area contributed by atoms with Crippen molar-refractivity contribution in [1.82, 2.24) is 19.4 Å². The minimum atomic E-state index is -3.30. The van der Waals surface area contributed by atoms with Gasteiger partial charge in [-0.2, -0.15) is 9.40 Å². The molecule has 2 aromatic rings. The average molecular weight is 421 g/mol. The van der Waals surface area contributed by atoms with Crippen LogP contribution in [0.25, 0.3) is 5.69 Å². The minimum absolute atomic E-state index is 0.0705. The van der Waals surface area contributed by atoms with Gasteiger partial charge in [0.2, 0.25) is 10.0 Å². The molecule has 1 saturated heterocycles. The molecule has 7 nitrogen and oxygen atoms in total. The van der Waals surface area contributed by atoms with Gasteiger partial charge in [-0.05, 0) is 31.9 Å². The van der Waals surface area contributed by atoms with Crippen LogP contribution >= 0.6 is 0 Å². The topological polar surface area (TPSA) is 76.5 Å². The average Bonchev–Trinajstić information content (AvgIpc) is 3.10. The molecule has 2 unspecified atom stereocenters. The van der Waals surface area contributed by atoms with Crippen molar-refractivity contribution in [3.05, 3.63) is 47.8 Å². The quantitative estimate of drug-likeness (QED) is 0.664. The Labute approximate surface area is 174 Å². The number of para-hydroxylation sites is 1. The summed E-state index contributed by atoms with van der Waals surface area (Å²) in [6, 6.07) is 10.00. The van der Waals surface area contributed by atoms with Crippen LogP contribution in [-0.2, 0) is 21.3 Å². The van der Waals surface area contributed by atoms with Gasteiger partial charge in [0.05, 0.1) is 29.3 Å². The second-order valence-corrected chi connectivity index (χ2v) is 10.1. The van der Waals surface area contributed by atoms with Crippen LogP contribution in [0.3, 0.4) is 0 Å². The summed E-state index contributed by atoms with van der Waals surface area (Å²) in [5.41, 5.74) is 3.13. The molecule has 0 bridgehead atoms. The second-order valence-electron chi connectivity index (χ2n) is 8.04. The molecule has 0 saturated carbocycles.